The zero-order valence-corrected chi connectivity index (χ0v) is 11.1. The van der Waals surface area contributed by atoms with E-state index in [1.807, 2.05) is 18.3 Å². The van der Waals surface area contributed by atoms with Gasteiger partial charge in [-0.1, -0.05) is 0 Å². The minimum absolute atomic E-state index is 0.554. The molecule has 0 aliphatic carbocycles. The number of hydrogen-bond acceptors (Lipinski definition) is 4. The Labute approximate surface area is 113 Å². The van der Waals surface area contributed by atoms with E-state index in [-0.39, 0.29) is 0 Å². The van der Waals surface area contributed by atoms with Gasteiger partial charge >= 0.3 is 0 Å². The summed E-state index contributed by atoms with van der Waals surface area (Å²) in [6.45, 7) is 2.19. The van der Waals surface area contributed by atoms with E-state index in [1.165, 1.54) is 12.8 Å². The molecule has 0 spiro atoms. The van der Waals surface area contributed by atoms with Gasteiger partial charge in [-0.15, -0.1) is 0 Å². The number of aromatic nitrogens is 1. The van der Waals surface area contributed by atoms with Crippen molar-refractivity contribution >= 4 is 16.6 Å². The van der Waals surface area contributed by atoms with Gasteiger partial charge in [0.15, 0.2) is 0 Å². The molecule has 2 heterocycles. The molecule has 1 aliphatic rings. The summed E-state index contributed by atoms with van der Waals surface area (Å²) in [5.74, 6) is 0.846. The number of piperidine rings is 1. The highest BCUT2D eigenvalue weighted by Crippen LogP contribution is 2.22. The molecule has 1 aliphatic heterocycles. The summed E-state index contributed by atoms with van der Waals surface area (Å²) in [5, 5.41) is 8.08. The van der Waals surface area contributed by atoms with Gasteiger partial charge in [-0.3, -0.25) is 4.98 Å². The van der Waals surface area contributed by atoms with Crippen molar-refractivity contribution in [2.24, 2.45) is 0 Å². The van der Waals surface area contributed by atoms with Gasteiger partial charge in [0.2, 0.25) is 0 Å². The molecule has 1 aromatic heterocycles. The molecule has 0 unspecified atom stereocenters. The molecule has 2 aromatic rings. The summed E-state index contributed by atoms with van der Waals surface area (Å²) in [6, 6.07) is 8.69. The molecule has 0 saturated carbocycles. The van der Waals surface area contributed by atoms with Crippen molar-refractivity contribution in [2.45, 2.75) is 18.9 Å². The number of nitrogens with one attached hydrogen (secondary N) is 2. The Morgan fingerprint density at radius 1 is 1.26 bits per heavy atom. The summed E-state index contributed by atoms with van der Waals surface area (Å²) in [4.78, 5) is 4.50. The molecule has 1 fully saturated rings. The Morgan fingerprint density at radius 2 is 2.11 bits per heavy atom. The predicted octanol–water partition coefficient (Wildman–Crippen LogP) is 2.41. The van der Waals surface area contributed by atoms with Crippen LogP contribution in [-0.4, -0.2) is 31.2 Å². The smallest absolute Gasteiger partial charge is 0.121 e. The van der Waals surface area contributed by atoms with Crippen LogP contribution in [-0.2, 0) is 0 Å². The minimum atomic E-state index is 0.554. The van der Waals surface area contributed by atoms with E-state index in [1.54, 1.807) is 7.11 Å². The van der Waals surface area contributed by atoms with E-state index < -0.39 is 0 Å². The van der Waals surface area contributed by atoms with Crippen LogP contribution in [0, 0.1) is 0 Å². The van der Waals surface area contributed by atoms with Gasteiger partial charge < -0.3 is 15.4 Å². The van der Waals surface area contributed by atoms with Crippen LogP contribution in [0.5, 0.6) is 5.75 Å². The van der Waals surface area contributed by atoms with Gasteiger partial charge in [0.25, 0.3) is 0 Å². The van der Waals surface area contributed by atoms with Crippen LogP contribution in [0.15, 0.2) is 30.5 Å². The number of hydrogen-bond donors (Lipinski definition) is 2. The summed E-state index contributed by atoms with van der Waals surface area (Å²) in [5.41, 5.74) is 2.07. The third-order valence-electron chi connectivity index (χ3n) is 3.60. The number of nitrogens with zero attached hydrogens (tertiary/aromatic N) is 1. The maximum absolute atomic E-state index is 5.21. The van der Waals surface area contributed by atoms with Crippen LogP contribution >= 0.6 is 0 Å². The molecular weight excluding hydrogens is 238 g/mol. The van der Waals surface area contributed by atoms with Gasteiger partial charge in [0.1, 0.15) is 5.75 Å². The second-order valence-corrected chi connectivity index (χ2v) is 4.95. The topological polar surface area (TPSA) is 46.2 Å². The maximum Gasteiger partial charge on any atom is 0.121 e. The lowest BCUT2D eigenvalue weighted by molar-refractivity contribution is 0.415. The van der Waals surface area contributed by atoms with Crippen LogP contribution in [0.3, 0.4) is 0 Å². The van der Waals surface area contributed by atoms with Crippen LogP contribution < -0.4 is 15.4 Å². The molecule has 0 amide bonds. The number of fused-ring (bicyclic) bond motifs is 1. The minimum Gasteiger partial charge on any atom is -0.497 e. The highest BCUT2D eigenvalue weighted by Gasteiger charge is 2.12. The highest BCUT2D eigenvalue weighted by molar-refractivity contribution is 5.82. The van der Waals surface area contributed by atoms with E-state index in [9.17, 15) is 0 Å². The van der Waals surface area contributed by atoms with Crippen molar-refractivity contribution in [1.82, 2.24) is 10.3 Å². The van der Waals surface area contributed by atoms with Crippen molar-refractivity contribution in [2.75, 3.05) is 25.5 Å². The lowest BCUT2D eigenvalue weighted by Gasteiger charge is -2.24. The first kappa shape index (κ1) is 12.2. The first-order valence-electron chi connectivity index (χ1n) is 6.76. The highest BCUT2D eigenvalue weighted by atomic mass is 16.5. The first-order valence-corrected chi connectivity index (χ1v) is 6.76. The molecule has 0 atom stereocenters. The Bertz CT molecular complexity index is 564. The Balaban J connectivity index is 1.80. The fraction of sp³-hybridized carbons (Fsp3) is 0.400. The maximum atomic E-state index is 5.21. The quantitative estimate of drug-likeness (QED) is 0.886. The number of ether oxygens (including phenoxy) is 1. The Hall–Kier alpha value is -1.81. The van der Waals surface area contributed by atoms with Gasteiger partial charge in [0.05, 0.1) is 24.5 Å². The van der Waals surface area contributed by atoms with E-state index in [0.29, 0.717) is 6.04 Å². The number of benzene rings is 1. The van der Waals surface area contributed by atoms with Gasteiger partial charge in [-0.05, 0) is 44.1 Å². The monoisotopic (exact) mass is 257 g/mol. The third-order valence-corrected chi connectivity index (χ3v) is 3.60. The molecule has 3 rings (SSSR count). The van der Waals surface area contributed by atoms with Gasteiger partial charge in [-0.25, -0.2) is 0 Å². The number of methoxy groups -OCH3 is 1. The molecule has 0 radical (unpaired) electrons. The number of pyridine rings is 1. The van der Waals surface area contributed by atoms with Crippen molar-refractivity contribution in [3.8, 4) is 5.75 Å². The second kappa shape index (κ2) is 5.45. The van der Waals surface area contributed by atoms with E-state index in [0.717, 1.165) is 35.4 Å². The van der Waals surface area contributed by atoms with E-state index in [4.69, 9.17) is 4.74 Å². The molecule has 100 valence electrons. The van der Waals surface area contributed by atoms with Crippen molar-refractivity contribution in [3.05, 3.63) is 30.5 Å². The number of anilines is 1. The normalized spacial score (nSPS) is 16.5. The van der Waals surface area contributed by atoms with Crippen LogP contribution in [0.1, 0.15) is 12.8 Å². The van der Waals surface area contributed by atoms with Gasteiger partial charge in [-0.2, -0.15) is 0 Å². The molecule has 4 nitrogen and oxygen atoms in total. The second-order valence-electron chi connectivity index (χ2n) is 4.95. The lowest BCUT2D eigenvalue weighted by Crippen LogP contribution is -2.35. The average Bonchev–Trinajstić information content (AvgIpc) is 2.48. The average molecular weight is 257 g/mol. The molecular formula is C15H19N3O. The largest absolute Gasteiger partial charge is 0.497 e. The SMILES string of the molecule is COc1ccc2cc(NC3CCNCC3)cnc2c1. The van der Waals surface area contributed by atoms with Crippen LogP contribution in [0.2, 0.25) is 0 Å². The zero-order chi connectivity index (χ0) is 13.1. The fourth-order valence-corrected chi connectivity index (χ4v) is 2.51. The summed E-state index contributed by atoms with van der Waals surface area (Å²) in [7, 11) is 1.67. The standard InChI is InChI=1S/C15H19N3O/c1-19-14-3-2-11-8-13(10-17-15(11)9-14)18-12-4-6-16-7-5-12/h2-3,8-10,12,16,18H,4-7H2,1H3. The molecule has 0 bridgehead atoms. The molecule has 2 N–H and O–H groups in total. The van der Waals surface area contributed by atoms with Crippen molar-refractivity contribution in [3.63, 3.8) is 0 Å². The summed E-state index contributed by atoms with van der Waals surface area (Å²) in [6.07, 6.45) is 4.24. The molecule has 1 aromatic carbocycles. The van der Waals surface area contributed by atoms with E-state index >= 15 is 0 Å². The van der Waals surface area contributed by atoms with Crippen molar-refractivity contribution < 1.29 is 4.74 Å². The molecule has 1 saturated heterocycles. The fourth-order valence-electron chi connectivity index (χ4n) is 2.51. The predicted molar refractivity (Wildman–Crippen MR) is 77.8 cm³/mol. The third kappa shape index (κ3) is 2.79. The molecule has 4 heteroatoms. The lowest BCUT2D eigenvalue weighted by atomic mass is 10.1. The Kier molecular flexibility index (Phi) is 3.51. The van der Waals surface area contributed by atoms with Crippen LogP contribution in [0.4, 0.5) is 5.69 Å². The summed E-state index contributed by atoms with van der Waals surface area (Å²) >= 11 is 0. The number of rotatable bonds is 3. The summed E-state index contributed by atoms with van der Waals surface area (Å²) < 4.78 is 5.21. The van der Waals surface area contributed by atoms with E-state index in [2.05, 4.69) is 27.8 Å². The van der Waals surface area contributed by atoms with Crippen LogP contribution in [0.25, 0.3) is 10.9 Å². The van der Waals surface area contributed by atoms with Gasteiger partial charge in [0, 0.05) is 17.5 Å². The van der Waals surface area contributed by atoms with Crippen molar-refractivity contribution in [1.29, 1.82) is 0 Å². The first-order chi connectivity index (χ1) is 9.35. The molecule has 19 heavy (non-hydrogen) atoms. The Morgan fingerprint density at radius 3 is 2.89 bits per heavy atom. The zero-order valence-electron chi connectivity index (χ0n) is 11.1.